The molecule has 0 aliphatic heterocycles. The van der Waals surface area contributed by atoms with E-state index in [9.17, 15) is 9.18 Å². The fraction of sp³-hybridized carbons (Fsp3) is 0.0769. The molecule has 0 aliphatic carbocycles. The van der Waals surface area contributed by atoms with Crippen molar-refractivity contribution < 1.29 is 9.18 Å². The van der Waals surface area contributed by atoms with Crippen molar-refractivity contribution in [3.63, 3.8) is 0 Å². The molecule has 98 valence electrons. The minimum absolute atomic E-state index is 0.116. The molecule has 0 atom stereocenters. The molecule has 0 aliphatic rings. The van der Waals surface area contributed by atoms with Crippen LogP contribution in [0.3, 0.4) is 0 Å². The second kappa shape index (κ2) is 5.24. The monoisotopic (exact) mass is 279 g/mol. The highest BCUT2D eigenvalue weighted by molar-refractivity contribution is 6.29. The van der Waals surface area contributed by atoms with E-state index in [1.807, 2.05) is 0 Å². The molecule has 0 fully saturated rings. The number of hydrogen-bond donors (Lipinski definition) is 2. The van der Waals surface area contributed by atoms with Crippen molar-refractivity contribution in [1.82, 2.24) is 4.98 Å². The lowest BCUT2D eigenvalue weighted by Gasteiger charge is -2.09. The molecule has 1 aromatic carbocycles. The molecular weight excluding hydrogens is 269 g/mol. The second-order valence-electron chi connectivity index (χ2n) is 3.96. The second-order valence-corrected chi connectivity index (χ2v) is 4.35. The number of carbonyl (C=O) groups is 1. The summed E-state index contributed by atoms with van der Waals surface area (Å²) in [5, 5.41) is 2.89. The summed E-state index contributed by atoms with van der Waals surface area (Å²) in [7, 11) is 0. The van der Waals surface area contributed by atoms with E-state index in [2.05, 4.69) is 10.3 Å². The van der Waals surface area contributed by atoms with Crippen LogP contribution < -0.4 is 11.1 Å². The third-order valence-corrected chi connectivity index (χ3v) is 2.75. The lowest BCUT2D eigenvalue weighted by atomic mass is 10.1. The number of nitrogen functional groups attached to an aromatic ring is 1. The van der Waals surface area contributed by atoms with Gasteiger partial charge in [0, 0.05) is 5.69 Å². The molecule has 6 heteroatoms. The summed E-state index contributed by atoms with van der Waals surface area (Å²) < 4.78 is 13.5. The van der Waals surface area contributed by atoms with Gasteiger partial charge in [0.25, 0.3) is 5.91 Å². The molecule has 3 N–H and O–H groups in total. The summed E-state index contributed by atoms with van der Waals surface area (Å²) >= 11 is 5.72. The Kier molecular flexibility index (Phi) is 3.66. The van der Waals surface area contributed by atoms with Gasteiger partial charge in [0.05, 0.1) is 16.9 Å². The average molecular weight is 280 g/mol. The fourth-order valence-corrected chi connectivity index (χ4v) is 1.76. The molecule has 2 aromatic rings. The molecule has 19 heavy (non-hydrogen) atoms. The van der Waals surface area contributed by atoms with Crippen LogP contribution in [0, 0.1) is 12.7 Å². The van der Waals surface area contributed by atoms with E-state index in [1.165, 1.54) is 12.1 Å². The Morgan fingerprint density at radius 3 is 2.79 bits per heavy atom. The number of halogens is 2. The molecule has 0 bridgehead atoms. The lowest BCUT2D eigenvalue weighted by Crippen LogP contribution is -2.15. The number of aromatic nitrogens is 1. The van der Waals surface area contributed by atoms with Crippen molar-refractivity contribution in [3.05, 3.63) is 52.6 Å². The van der Waals surface area contributed by atoms with E-state index in [-0.39, 0.29) is 5.56 Å². The Hall–Kier alpha value is -2.14. The zero-order valence-electron chi connectivity index (χ0n) is 10.1. The molecule has 0 spiro atoms. The number of anilines is 2. The molecule has 1 heterocycles. The first kappa shape index (κ1) is 13.3. The molecular formula is C13H11ClFN3O. The van der Waals surface area contributed by atoms with E-state index < -0.39 is 11.7 Å². The Balaban J connectivity index is 2.28. The number of nitrogens with zero attached hydrogens (tertiary/aromatic N) is 1. The van der Waals surface area contributed by atoms with Gasteiger partial charge in [-0.25, -0.2) is 9.37 Å². The molecule has 0 saturated heterocycles. The minimum Gasteiger partial charge on any atom is -0.399 e. The summed E-state index contributed by atoms with van der Waals surface area (Å²) in [5.41, 5.74) is 6.75. The fourth-order valence-electron chi connectivity index (χ4n) is 1.57. The zero-order valence-corrected chi connectivity index (χ0v) is 10.8. The number of amides is 1. The lowest BCUT2D eigenvalue weighted by molar-refractivity contribution is 0.102. The Morgan fingerprint density at radius 1 is 1.37 bits per heavy atom. The maximum absolute atomic E-state index is 13.5. The predicted octanol–water partition coefficient (Wildman–Crippen LogP) is 3.02. The van der Waals surface area contributed by atoms with E-state index in [0.29, 0.717) is 22.2 Å². The average Bonchev–Trinajstić information content (AvgIpc) is 2.35. The molecule has 0 saturated carbocycles. The van der Waals surface area contributed by atoms with Gasteiger partial charge < -0.3 is 11.1 Å². The van der Waals surface area contributed by atoms with E-state index in [0.717, 1.165) is 6.07 Å². The topological polar surface area (TPSA) is 68.0 Å². The number of nitrogens with one attached hydrogen (secondary N) is 1. The van der Waals surface area contributed by atoms with E-state index in [1.54, 1.807) is 19.1 Å². The number of nitrogens with two attached hydrogens (primary N) is 1. The molecule has 0 radical (unpaired) electrons. The largest absolute Gasteiger partial charge is 0.399 e. The van der Waals surface area contributed by atoms with E-state index >= 15 is 0 Å². The van der Waals surface area contributed by atoms with Gasteiger partial charge in [-0.05, 0) is 37.3 Å². The normalized spacial score (nSPS) is 10.3. The summed E-state index contributed by atoms with van der Waals surface area (Å²) in [4.78, 5) is 15.9. The van der Waals surface area contributed by atoms with Crippen molar-refractivity contribution in [3.8, 4) is 0 Å². The number of benzene rings is 1. The van der Waals surface area contributed by atoms with Crippen LogP contribution in [-0.2, 0) is 0 Å². The van der Waals surface area contributed by atoms with Crippen molar-refractivity contribution >= 4 is 28.9 Å². The smallest absolute Gasteiger partial charge is 0.258 e. The molecule has 1 aromatic heterocycles. The van der Waals surface area contributed by atoms with Crippen molar-refractivity contribution in [2.24, 2.45) is 0 Å². The Labute approximate surface area is 114 Å². The maximum Gasteiger partial charge on any atom is 0.258 e. The Bertz CT molecular complexity index is 646. The predicted molar refractivity (Wildman–Crippen MR) is 72.7 cm³/mol. The SMILES string of the molecule is Cc1nc(Cl)ccc1NC(=O)c1cc(N)ccc1F. The van der Waals surface area contributed by atoms with Gasteiger partial charge in [-0.1, -0.05) is 11.6 Å². The van der Waals surface area contributed by atoms with Crippen LogP contribution in [-0.4, -0.2) is 10.9 Å². The third-order valence-electron chi connectivity index (χ3n) is 2.54. The van der Waals surface area contributed by atoms with Gasteiger partial charge in [0.1, 0.15) is 11.0 Å². The highest BCUT2D eigenvalue weighted by atomic mass is 35.5. The van der Waals surface area contributed by atoms with Crippen LogP contribution >= 0.6 is 11.6 Å². The van der Waals surface area contributed by atoms with Crippen LogP contribution in [0.25, 0.3) is 0 Å². The van der Waals surface area contributed by atoms with Crippen molar-refractivity contribution in [2.75, 3.05) is 11.1 Å². The number of rotatable bonds is 2. The van der Waals surface area contributed by atoms with Crippen LogP contribution in [0.15, 0.2) is 30.3 Å². The first-order valence-electron chi connectivity index (χ1n) is 5.47. The molecule has 2 rings (SSSR count). The van der Waals surface area contributed by atoms with Crippen LogP contribution in [0.4, 0.5) is 15.8 Å². The van der Waals surface area contributed by atoms with Gasteiger partial charge in [0.15, 0.2) is 0 Å². The van der Waals surface area contributed by atoms with Crippen molar-refractivity contribution in [1.29, 1.82) is 0 Å². The zero-order chi connectivity index (χ0) is 14.0. The third kappa shape index (κ3) is 3.00. The number of carbonyl (C=O) groups excluding carboxylic acids is 1. The summed E-state index contributed by atoms with van der Waals surface area (Å²) in [5.74, 6) is -1.22. The molecule has 0 unspecified atom stereocenters. The van der Waals surface area contributed by atoms with Crippen LogP contribution in [0.2, 0.25) is 5.15 Å². The standard InChI is InChI=1S/C13H11ClFN3O/c1-7-11(4-5-12(14)17-7)18-13(19)9-6-8(16)2-3-10(9)15/h2-6H,16H2,1H3,(H,18,19). The minimum atomic E-state index is -0.633. The quantitative estimate of drug-likeness (QED) is 0.656. The van der Waals surface area contributed by atoms with Gasteiger partial charge in [0.2, 0.25) is 0 Å². The number of hydrogen-bond acceptors (Lipinski definition) is 3. The maximum atomic E-state index is 13.5. The molecule has 4 nitrogen and oxygen atoms in total. The molecule has 1 amide bonds. The highest BCUT2D eigenvalue weighted by Gasteiger charge is 2.13. The summed E-state index contributed by atoms with van der Waals surface area (Å²) in [6.07, 6.45) is 0. The first-order chi connectivity index (χ1) is 8.97. The van der Waals surface area contributed by atoms with Crippen LogP contribution in [0.1, 0.15) is 16.1 Å². The number of aryl methyl sites for hydroxylation is 1. The van der Waals surface area contributed by atoms with Gasteiger partial charge in [-0.15, -0.1) is 0 Å². The van der Waals surface area contributed by atoms with Gasteiger partial charge in [-0.2, -0.15) is 0 Å². The summed E-state index contributed by atoms with van der Waals surface area (Å²) in [6.45, 7) is 1.69. The highest BCUT2D eigenvalue weighted by Crippen LogP contribution is 2.18. The van der Waals surface area contributed by atoms with Crippen molar-refractivity contribution in [2.45, 2.75) is 6.92 Å². The van der Waals surface area contributed by atoms with E-state index in [4.69, 9.17) is 17.3 Å². The van der Waals surface area contributed by atoms with Crippen LogP contribution in [0.5, 0.6) is 0 Å². The first-order valence-corrected chi connectivity index (χ1v) is 5.84. The van der Waals surface area contributed by atoms with Gasteiger partial charge in [-0.3, -0.25) is 4.79 Å². The Morgan fingerprint density at radius 2 is 2.11 bits per heavy atom. The van der Waals surface area contributed by atoms with Gasteiger partial charge >= 0.3 is 0 Å². The summed E-state index contributed by atoms with van der Waals surface area (Å²) in [6, 6.07) is 6.97. The number of pyridine rings is 1.